The largest absolute Gasteiger partial charge is 0.349 e. The van der Waals surface area contributed by atoms with Gasteiger partial charge in [-0.15, -0.1) is 0 Å². The normalized spacial score (nSPS) is 26.9. The molecule has 5 nitrogen and oxygen atoms in total. The lowest BCUT2D eigenvalue weighted by Gasteiger charge is -2.23. The van der Waals surface area contributed by atoms with Gasteiger partial charge in [-0.25, -0.2) is 0 Å². The second-order valence-electron chi connectivity index (χ2n) is 5.97. The molecule has 0 spiro atoms. The molecule has 4 rings (SSSR count). The highest BCUT2D eigenvalue weighted by molar-refractivity contribution is 5.95. The minimum atomic E-state index is -0.0415. The van der Waals surface area contributed by atoms with Gasteiger partial charge in [0.1, 0.15) is 6.07 Å². The lowest BCUT2D eigenvalue weighted by atomic mass is 10.0. The van der Waals surface area contributed by atoms with Crippen LogP contribution in [-0.2, 0) is 0 Å². The Morgan fingerprint density at radius 2 is 2.24 bits per heavy atom. The molecule has 0 radical (unpaired) electrons. The lowest BCUT2D eigenvalue weighted by Crippen LogP contribution is -2.44. The summed E-state index contributed by atoms with van der Waals surface area (Å²) in [6.45, 7) is 1.01. The summed E-state index contributed by atoms with van der Waals surface area (Å²) in [5.41, 5.74) is 1.99. The van der Waals surface area contributed by atoms with Gasteiger partial charge in [-0.1, -0.05) is 0 Å². The Morgan fingerprint density at radius 1 is 1.38 bits per heavy atom. The number of piperidine rings is 1. The van der Waals surface area contributed by atoms with Crippen molar-refractivity contribution in [3.63, 3.8) is 0 Å². The summed E-state index contributed by atoms with van der Waals surface area (Å²) in [4.78, 5) is 12.4. The molecule has 5 heteroatoms. The van der Waals surface area contributed by atoms with Crippen LogP contribution >= 0.6 is 0 Å². The van der Waals surface area contributed by atoms with E-state index in [0.29, 0.717) is 23.1 Å². The number of pyridine rings is 1. The van der Waals surface area contributed by atoms with Crippen LogP contribution in [0.1, 0.15) is 28.8 Å². The van der Waals surface area contributed by atoms with Crippen molar-refractivity contribution in [1.29, 1.82) is 5.26 Å². The highest BCUT2D eigenvalue weighted by Gasteiger charge is 2.40. The Labute approximate surface area is 122 Å². The minimum absolute atomic E-state index is 0.0415. The Kier molecular flexibility index (Phi) is 2.72. The molecule has 2 fully saturated rings. The molecule has 106 valence electrons. The van der Waals surface area contributed by atoms with Crippen LogP contribution in [0.5, 0.6) is 0 Å². The summed E-state index contributed by atoms with van der Waals surface area (Å²) in [6, 6.07) is 8.35. The van der Waals surface area contributed by atoms with Crippen molar-refractivity contribution in [2.45, 2.75) is 24.9 Å². The monoisotopic (exact) mass is 280 g/mol. The van der Waals surface area contributed by atoms with Crippen LogP contribution < -0.4 is 10.6 Å². The second kappa shape index (κ2) is 4.61. The highest BCUT2D eigenvalue weighted by Crippen LogP contribution is 2.31. The van der Waals surface area contributed by atoms with E-state index in [-0.39, 0.29) is 11.9 Å². The van der Waals surface area contributed by atoms with Gasteiger partial charge in [0.25, 0.3) is 5.91 Å². The van der Waals surface area contributed by atoms with Gasteiger partial charge in [0, 0.05) is 36.6 Å². The van der Waals surface area contributed by atoms with Crippen molar-refractivity contribution in [3.05, 3.63) is 41.7 Å². The quantitative estimate of drug-likeness (QED) is 0.871. The molecule has 3 unspecified atom stereocenters. The number of carbonyl (C=O) groups is 1. The average molecular weight is 280 g/mol. The molecule has 2 N–H and O–H groups in total. The second-order valence-corrected chi connectivity index (χ2v) is 5.97. The van der Waals surface area contributed by atoms with Crippen LogP contribution in [0.15, 0.2) is 30.6 Å². The van der Waals surface area contributed by atoms with Crippen molar-refractivity contribution in [1.82, 2.24) is 15.0 Å². The Balaban J connectivity index is 1.58. The van der Waals surface area contributed by atoms with Crippen molar-refractivity contribution in [3.8, 4) is 6.07 Å². The molecule has 21 heavy (non-hydrogen) atoms. The number of hydrogen-bond donors (Lipinski definition) is 2. The van der Waals surface area contributed by atoms with Gasteiger partial charge in [0.05, 0.1) is 11.1 Å². The third-order valence-corrected chi connectivity index (χ3v) is 4.73. The van der Waals surface area contributed by atoms with Crippen molar-refractivity contribution >= 4 is 11.4 Å². The zero-order chi connectivity index (χ0) is 14.4. The molecule has 0 aromatic carbocycles. The fourth-order valence-electron chi connectivity index (χ4n) is 3.60. The molecule has 3 atom stereocenters. The first kappa shape index (κ1) is 12.4. The molecule has 3 heterocycles. The zero-order valence-electron chi connectivity index (χ0n) is 11.5. The van der Waals surface area contributed by atoms with Crippen molar-refractivity contribution < 1.29 is 4.79 Å². The van der Waals surface area contributed by atoms with Gasteiger partial charge in [-0.3, -0.25) is 4.79 Å². The van der Waals surface area contributed by atoms with E-state index in [0.717, 1.165) is 18.5 Å². The summed E-state index contributed by atoms with van der Waals surface area (Å²) in [5, 5.41) is 15.7. The third-order valence-electron chi connectivity index (χ3n) is 4.73. The van der Waals surface area contributed by atoms with Crippen molar-refractivity contribution in [2.24, 2.45) is 5.92 Å². The van der Waals surface area contributed by atoms with E-state index in [9.17, 15) is 4.79 Å². The molecule has 1 saturated heterocycles. The van der Waals surface area contributed by atoms with E-state index in [1.165, 1.54) is 6.42 Å². The van der Waals surface area contributed by atoms with E-state index in [1.54, 1.807) is 18.2 Å². The molecule has 1 saturated carbocycles. The summed E-state index contributed by atoms with van der Waals surface area (Å²) >= 11 is 0. The standard InChI is InChI=1S/C16H16N4O/c17-8-11-2-4-20-3-1-10(6-15(11)20)16(21)19-14-7-13-5-12(14)9-18-13/h1-4,6,12-14,18H,5,7,9H2,(H,19,21). The van der Waals surface area contributed by atoms with E-state index in [4.69, 9.17) is 5.26 Å². The number of carbonyl (C=O) groups excluding carboxylic acids is 1. The number of nitrogens with zero attached hydrogens (tertiary/aromatic N) is 2. The molecule has 1 aliphatic heterocycles. The van der Waals surface area contributed by atoms with Crippen LogP contribution in [0.2, 0.25) is 0 Å². The number of fused-ring (bicyclic) bond motifs is 3. The van der Waals surface area contributed by atoms with E-state index < -0.39 is 0 Å². The van der Waals surface area contributed by atoms with Crippen LogP contribution in [0.25, 0.3) is 5.52 Å². The number of hydrogen-bond acceptors (Lipinski definition) is 3. The van der Waals surface area contributed by atoms with Crippen LogP contribution in [0, 0.1) is 17.2 Å². The summed E-state index contributed by atoms with van der Waals surface area (Å²) in [7, 11) is 0. The first-order valence-corrected chi connectivity index (χ1v) is 7.29. The van der Waals surface area contributed by atoms with Crippen LogP contribution in [-0.4, -0.2) is 28.9 Å². The average Bonchev–Trinajstić information content (AvgIpc) is 3.21. The SMILES string of the molecule is N#Cc1ccn2ccc(C(=O)NC3CC4CC3CN4)cc12. The molecular weight excluding hydrogens is 264 g/mol. The maximum absolute atomic E-state index is 12.4. The Bertz CT molecular complexity index is 757. The first-order chi connectivity index (χ1) is 10.2. The Hall–Kier alpha value is -2.32. The molecule has 2 bridgehead atoms. The van der Waals surface area contributed by atoms with Gasteiger partial charge in [0.15, 0.2) is 0 Å². The number of aromatic nitrogens is 1. The third kappa shape index (κ3) is 1.99. The van der Waals surface area contributed by atoms with Gasteiger partial charge in [-0.05, 0) is 37.0 Å². The topological polar surface area (TPSA) is 69.3 Å². The minimum Gasteiger partial charge on any atom is -0.349 e. The van der Waals surface area contributed by atoms with Gasteiger partial charge in [-0.2, -0.15) is 5.26 Å². The van der Waals surface area contributed by atoms with E-state index >= 15 is 0 Å². The summed E-state index contributed by atoms with van der Waals surface area (Å²) in [5.74, 6) is 0.519. The fraction of sp³-hybridized carbons (Fsp3) is 0.375. The number of rotatable bonds is 2. The predicted octanol–water partition coefficient (Wildman–Crippen LogP) is 1.29. The highest BCUT2D eigenvalue weighted by atomic mass is 16.1. The Morgan fingerprint density at radius 3 is 2.95 bits per heavy atom. The van der Waals surface area contributed by atoms with E-state index in [2.05, 4.69) is 16.7 Å². The van der Waals surface area contributed by atoms with Crippen molar-refractivity contribution in [2.75, 3.05) is 6.54 Å². The molecule has 1 amide bonds. The molecule has 1 aliphatic carbocycles. The van der Waals surface area contributed by atoms with Gasteiger partial charge >= 0.3 is 0 Å². The van der Waals surface area contributed by atoms with Crippen LogP contribution in [0.4, 0.5) is 0 Å². The zero-order valence-corrected chi connectivity index (χ0v) is 11.5. The molecule has 2 aromatic rings. The lowest BCUT2D eigenvalue weighted by molar-refractivity contribution is 0.0925. The molecule has 2 aromatic heterocycles. The van der Waals surface area contributed by atoms with Gasteiger partial charge in [0.2, 0.25) is 0 Å². The number of nitrogens with one attached hydrogen (secondary N) is 2. The molecule has 2 aliphatic rings. The number of amides is 1. The maximum Gasteiger partial charge on any atom is 0.251 e. The summed E-state index contributed by atoms with van der Waals surface area (Å²) < 4.78 is 1.86. The smallest absolute Gasteiger partial charge is 0.251 e. The fourth-order valence-corrected chi connectivity index (χ4v) is 3.60. The van der Waals surface area contributed by atoms with Crippen LogP contribution in [0.3, 0.4) is 0 Å². The summed E-state index contributed by atoms with van der Waals surface area (Å²) in [6.07, 6.45) is 5.85. The van der Waals surface area contributed by atoms with E-state index in [1.807, 2.05) is 16.8 Å². The molecular formula is C16H16N4O. The predicted molar refractivity (Wildman–Crippen MR) is 77.9 cm³/mol. The van der Waals surface area contributed by atoms with Gasteiger partial charge < -0.3 is 15.0 Å². The number of nitriles is 1. The first-order valence-electron chi connectivity index (χ1n) is 7.29. The maximum atomic E-state index is 12.4.